The molecule has 0 saturated carbocycles. The molecule has 33 heavy (non-hydrogen) atoms. The fourth-order valence-electron chi connectivity index (χ4n) is 4.34. The molecule has 1 atom stereocenters. The van der Waals surface area contributed by atoms with E-state index >= 15 is 0 Å². The van der Waals surface area contributed by atoms with Crippen molar-refractivity contribution in [1.29, 1.82) is 0 Å². The molecular weight excluding hydrogens is 418 g/mol. The van der Waals surface area contributed by atoms with Crippen LogP contribution in [0.25, 0.3) is 0 Å². The predicted molar refractivity (Wildman–Crippen MR) is 124 cm³/mol. The van der Waals surface area contributed by atoms with Crippen LogP contribution >= 0.6 is 0 Å². The van der Waals surface area contributed by atoms with Gasteiger partial charge in [-0.2, -0.15) is 0 Å². The number of nitrogen functional groups attached to an aromatic ring is 1. The van der Waals surface area contributed by atoms with Gasteiger partial charge in [0.2, 0.25) is 5.91 Å². The van der Waals surface area contributed by atoms with Crippen LogP contribution in [0.2, 0.25) is 0 Å². The van der Waals surface area contributed by atoms with Crippen LogP contribution in [0, 0.1) is 5.92 Å². The van der Waals surface area contributed by atoms with Crippen molar-refractivity contribution in [2.24, 2.45) is 5.92 Å². The van der Waals surface area contributed by atoms with Gasteiger partial charge < -0.3 is 20.3 Å². The van der Waals surface area contributed by atoms with Gasteiger partial charge in [-0.05, 0) is 48.8 Å². The molecule has 1 saturated heterocycles. The standard InChI is InChI=1S/C25H29N5O3/c26-23-7-6-20(14-27-23)13-21(25(32)33)22-15-29(17-28-22)16-24(31)30-10-8-19(9-11-30)12-18-4-2-1-3-5-18/h1-7,14-15,17,19,21H,8-13,16H2,(H2,26,27)(H,32,33)/t21-/m1/s1. The highest BCUT2D eigenvalue weighted by Gasteiger charge is 2.25. The van der Waals surface area contributed by atoms with Gasteiger partial charge in [-0.15, -0.1) is 0 Å². The molecule has 4 rings (SSSR count). The van der Waals surface area contributed by atoms with Crippen LogP contribution in [-0.2, 0) is 29.0 Å². The molecule has 3 aromatic rings. The van der Waals surface area contributed by atoms with E-state index in [1.54, 1.807) is 29.1 Å². The van der Waals surface area contributed by atoms with Crippen molar-refractivity contribution in [3.8, 4) is 0 Å². The van der Waals surface area contributed by atoms with Gasteiger partial charge in [0.15, 0.2) is 0 Å². The fourth-order valence-corrected chi connectivity index (χ4v) is 4.34. The lowest BCUT2D eigenvalue weighted by Crippen LogP contribution is -2.40. The van der Waals surface area contributed by atoms with Crippen LogP contribution in [0.1, 0.15) is 35.6 Å². The predicted octanol–water partition coefficient (Wildman–Crippen LogP) is 2.75. The van der Waals surface area contributed by atoms with E-state index in [2.05, 4.69) is 34.2 Å². The van der Waals surface area contributed by atoms with E-state index in [1.807, 2.05) is 11.0 Å². The minimum absolute atomic E-state index is 0.0340. The smallest absolute Gasteiger partial charge is 0.312 e. The van der Waals surface area contributed by atoms with Gasteiger partial charge in [0.1, 0.15) is 18.3 Å². The Morgan fingerprint density at radius 1 is 1.06 bits per heavy atom. The average Bonchev–Trinajstić information content (AvgIpc) is 3.27. The van der Waals surface area contributed by atoms with Gasteiger partial charge in [0, 0.05) is 25.5 Å². The van der Waals surface area contributed by atoms with Gasteiger partial charge in [-0.25, -0.2) is 9.97 Å². The number of rotatable bonds is 8. The zero-order valence-electron chi connectivity index (χ0n) is 18.5. The number of aromatic nitrogens is 3. The Kier molecular flexibility index (Phi) is 7.02. The molecule has 8 heteroatoms. The molecule has 172 valence electrons. The van der Waals surface area contributed by atoms with Crippen molar-refractivity contribution in [3.63, 3.8) is 0 Å². The summed E-state index contributed by atoms with van der Waals surface area (Å²) in [6.45, 7) is 1.66. The number of benzene rings is 1. The second-order valence-corrected chi connectivity index (χ2v) is 8.67. The van der Waals surface area contributed by atoms with Gasteiger partial charge in [-0.3, -0.25) is 9.59 Å². The van der Waals surface area contributed by atoms with Crippen LogP contribution in [0.4, 0.5) is 5.82 Å². The number of carbonyl (C=O) groups excluding carboxylic acids is 1. The summed E-state index contributed by atoms with van der Waals surface area (Å²) < 4.78 is 1.67. The number of nitrogens with two attached hydrogens (primary N) is 1. The molecule has 8 nitrogen and oxygen atoms in total. The third-order valence-electron chi connectivity index (χ3n) is 6.25. The highest BCUT2D eigenvalue weighted by atomic mass is 16.4. The second-order valence-electron chi connectivity index (χ2n) is 8.67. The number of hydrogen-bond acceptors (Lipinski definition) is 5. The maximum Gasteiger partial charge on any atom is 0.312 e. The number of carbonyl (C=O) groups is 2. The number of carboxylic acid groups (broad SMARTS) is 1. The number of nitrogens with zero attached hydrogens (tertiary/aromatic N) is 4. The van der Waals surface area contributed by atoms with E-state index in [1.165, 1.54) is 11.9 Å². The van der Waals surface area contributed by atoms with Crippen LogP contribution in [0.15, 0.2) is 61.2 Å². The molecule has 1 amide bonds. The first-order chi connectivity index (χ1) is 16.0. The van der Waals surface area contributed by atoms with Crippen LogP contribution in [0.3, 0.4) is 0 Å². The Bertz CT molecular complexity index is 1070. The maximum absolute atomic E-state index is 12.8. The van der Waals surface area contributed by atoms with Gasteiger partial charge in [0.25, 0.3) is 0 Å². The Hall–Kier alpha value is -3.68. The van der Waals surface area contributed by atoms with E-state index < -0.39 is 11.9 Å². The Balaban J connectivity index is 1.31. The summed E-state index contributed by atoms with van der Waals surface area (Å²) in [6, 6.07) is 13.9. The van der Waals surface area contributed by atoms with Crippen molar-refractivity contribution in [1.82, 2.24) is 19.4 Å². The molecule has 1 fully saturated rings. The zero-order chi connectivity index (χ0) is 23.2. The largest absolute Gasteiger partial charge is 0.481 e. The number of amides is 1. The first-order valence-corrected chi connectivity index (χ1v) is 11.2. The summed E-state index contributed by atoms with van der Waals surface area (Å²) in [7, 11) is 0. The number of carboxylic acids is 1. The van der Waals surface area contributed by atoms with Crippen LogP contribution in [-0.4, -0.2) is 49.5 Å². The van der Waals surface area contributed by atoms with E-state index in [9.17, 15) is 14.7 Å². The molecule has 1 aliphatic rings. The number of imidazole rings is 1. The number of likely N-dealkylation sites (tertiary alicyclic amines) is 1. The molecule has 3 heterocycles. The molecule has 0 aliphatic carbocycles. The van der Waals surface area contributed by atoms with Crippen LogP contribution in [0.5, 0.6) is 0 Å². The van der Waals surface area contributed by atoms with E-state index in [4.69, 9.17) is 5.73 Å². The van der Waals surface area contributed by atoms with Crippen molar-refractivity contribution in [2.75, 3.05) is 18.8 Å². The molecule has 3 N–H and O–H groups in total. The zero-order valence-corrected chi connectivity index (χ0v) is 18.5. The minimum atomic E-state index is -0.969. The Morgan fingerprint density at radius 3 is 2.48 bits per heavy atom. The average molecular weight is 448 g/mol. The fraction of sp³-hybridized carbons (Fsp3) is 0.360. The number of pyridine rings is 1. The van der Waals surface area contributed by atoms with Crippen molar-refractivity contribution in [2.45, 2.75) is 38.1 Å². The van der Waals surface area contributed by atoms with E-state index in [-0.39, 0.29) is 18.9 Å². The Labute approximate surface area is 193 Å². The summed E-state index contributed by atoms with van der Waals surface area (Å²) in [5.41, 5.74) is 8.14. The normalized spacial score (nSPS) is 15.3. The first-order valence-electron chi connectivity index (χ1n) is 11.2. The maximum atomic E-state index is 12.8. The molecule has 0 radical (unpaired) electrons. The topological polar surface area (TPSA) is 114 Å². The molecule has 0 spiro atoms. The minimum Gasteiger partial charge on any atom is -0.481 e. The van der Waals surface area contributed by atoms with Crippen molar-refractivity contribution < 1.29 is 14.7 Å². The third-order valence-corrected chi connectivity index (χ3v) is 6.25. The number of anilines is 1. The van der Waals surface area contributed by atoms with Crippen molar-refractivity contribution in [3.05, 3.63) is 78.0 Å². The van der Waals surface area contributed by atoms with Crippen LogP contribution < -0.4 is 5.73 Å². The van der Waals surface area contributed by atoms with E-state index in [0.29, 0.717) is 17.4 Å². The molecule has 1 aromatic carbocycles. The lowest BCUT2D eigenvalue weighted by atomic mass is 9.90. The first kappa shape index (κ1) is 22.5. The van der Waals surface area contributed by atoms with E-state index in [0.717, 1.165) is 37.9 Å². The Morgan fingerprint density at radius 2 is 1.82 bits per heavy atom. The summed E-state index contributed by atoms with van der Waals surface area (Å²) in [4.78, 5) is 34.8. The SMILES string of the molecule is Nc1ccc(C[C@@H](C(=O)O)c2cn(CC(=O)N3CCC(Cc4ccccc4)CC3)cn2)cn1. The number of piperidine rings is 1. The van der Waals surface area contributed by atoms with Gasteiger partial charge in [0.05, 0.1) is 12.0 Å². The number of aliphatic carboxylic acids is 1. The van der Waals surface area contributed by atoms with Gasteiger partial charge >= 0.3 is 5.97 Å². The monoisotopic (exact) mass is 447 g/mol. The molecule has 1 aliphatic heterocycles. The molecule has 0 unspecified atom stereocenters. The highest BCUT2D eigenvalue weighted by molar-refractivity contribution is 5.77. The molecule has 0 bridgehead atoms. The third kappa shape index (κ3) is 5.97. The molecular formula is C25H29N5O3. The van der Waals surface area contributed by atoms with Gasteiger partial charge in [-0.1, -0.05) is 36.4 Å². The lowest BCUT2D eigenvalue weighted by Gasteiger charge is -2.32. The lowest BCUT2D eigenvalue weighted by molar-refractivity contribution is -0.139. The second kappa shape index (κ2) is 10.3. The summed E-state index contributed by atoms with van der Waals surface area (Å²) in [5.74, 6) is -0.774. The quantitative estimate of drug-likeness (QED) is 0.549. The summed E-state index contributed by atoms with van der Waals surface area (Å²) in [5, 5.41) is 9.70. The summed E-state index contributed by atoms with van der Waals surface area (Å²) in [6.07, 6.45) is 8.05. The molecule has 2 aromatic heterocycles. The number of hydrogen-bond donors (Lipinski definition) is 2. The highest BCUT2D eigenvalue weighted by Crippen LogP contribution is 2.23. The summed E-state index contributed by atoms with van der Waals surface area (Å²) >= 11 is 0. The van der Waals surface area contributed by atoms with Crippen molar-refractivity contribution >= 4 is 17.7 Å².